The number of hydrogen-bond acceptors (Lipinski definition) is 3. The highest BCUT2D eigenvalue weighted by molar-refractivity contribution is 5.10. The Bertz CT molecular complexity index is 255. The molecule has 0 radical (unpaired) electrons. The van der Waals surface area contributed by atoms with Crippen LogP contribution in [0.2, 0.25) is 0 Å². The average Bonchev–Trinajstić information content (AvgIpc) is 2.37. The van der Waals surface area contributed by atoms with Crippen LogP contribution >= 0.6 is 0 Å². The van der Waals surface area contributed by atoms with Gasteiger partial charge in [0.25, 0.3) is 0 Å². The van der Waals surface area contributed by atoms with E-state index >= 15 is 0 Å². The summed E-state index contributed by atoms with van der Waals surface area (Å²) in [7, 11) is 0. The molecule has 0 aromatic rings. The first-order valence-corrected chi connectivity index (χ1v) is 7.60. The molecule has 1 heterocycles. The Morgan fingerprint density at radius 3 is 2.94 bits per heavy atom. The number of hydrogen-bond donors (Lipinski definition) is 1. The standard InChI is InChI=1S/C15H29NO2/c1-4-9-17-10-6-8-16-13-12-7-5-11-18-14(12)15(13,2)3/h12-14,16H,4-11H2,1-3H3. The Morgan fingerprint density at radius 1 is 1.33 bits per heavy atom. The second-order valence-electron chi connectivity index (χ2n) is 6.32. The minimum absolute atomic E-state index is 0.301. The summed E-state index contributed by atoms with van der Waals surface area (Å²) >= 11 is 0. The van der Waals surface area contributed by atoms with Crippen molar-refractivity contribution in [3.8, 4) is 0 Å². The van der Waals surface area contributed by atoms with Crippen LogP contribution < -0.4 is 5.32 Å². The summed E-state index contributed by atoms with van der Waals surface area (Å²) in [5, 5.41) is 3.73. The predicted molar refractivity (Wildman–Crippen MR) is 73.8 cm³/mol. The van der Waals surface area contributed by atoms with Crippen molar-refractivity contribution in [3.63, 3.8) is 0 Å². The van der Waals surface area contributed by atoms with Crippen LogP contribution in [0.15, 0.2) is 0 Å². The molecule has 1 saturated heterocycles. The van der Waals surface area contributed by atoms with Crippen LogP contribution in [0.1, 0.15) is 46.5 Å². The molecule has 1 saturated carbocycles. The van der Waals surface area contributed by atoms with Gasteiger partial charge in [-0.3, -0.25) is 0 Å². The van der Waals surface area contributed by atoms with Gasteiger partial charge in [-0.15, -0.1) is 0 Å². The zero-order chi connectivity index (χ0) is 13.0. The summed E-state index contributed by atoms with van der Waals surface area (Å²) in [6.45, 7) is 10.6. The maximum atomic E-state index is 5.92. The Labute approximate surface area is 112 Å². The second kappa shape index (κ2) is 6.36. The molecule has 1 aliphatic carbocycles. The van der Waals surface area contributed by atoms with Crippen molar-refractivity contribution >= 4 is 0 Å². The Morgan fingerprint density at radius 2 is 2.17 bits per heavy atom. The number of nitrogens with one attached hydrogen (secondary N) is 1. The fraction of sp³-hybridized carbons (Fsp3) is 1.00. The van der Waals surface area contributed by atoms with Crippen molar-refractivity contribution in [2.24, 2.45) is 11.3 Å². The van der Waals surface area contributed by atoms with Gasteiger partial charge in [0.15, 0.2) is 0 Å². The summed E-state index contributed by atoms with van der Waals surface area (Å²) in [6, 6.07) is 0.633. The van der Waals surface area contributed by atoms with Gasteiger partial charge in [0.1, 0.15) is 0 Å². The molecule has 2 rings (SSSR count). The third-order valence-electron chi connectivity index (χ3n) is 4.51. The fourth-order valence-corrected chi connectivity index (χ4v) is 3.62. The lowest BCUT2D eigenvalue weighted by Gasteiger charge is -2.60. The van der Waals surface area contributed by atoms with Crippen molar-refractivity contribution in [1.29, 1.82) is 0 Å². The van der Waals surface area contributed by atoms with Gasteiger partial charge >= 0.3 is 0 Å². The van der Waals surface area contributed by atoms with Crippen LogP contribution in [0.4, 0.5) is 0 Å². The van der Waals surface area contributed by atoms with Gasteiger partial charge in [0.05, 0.1) is 6.10 Å². The average molecular weight is 255 g/mol. The zero-order valence-corrected chi connectivity index (χ0v) is 12.2. The molecule has 1 N–H and O–H groups in total. The number of ether oxygens (including phenoxy) is 2. The largest absolute Gasteiger partial charge is 0.381 e. The number of fused-ring (bicyclic) bond motifs is 1. The van der Waals surface area contributed by atoms with E-state index in [-0.39, 0.29) is 0 Å². The lowest BCUT2D eigenvalue weighted by Crippen LogP contribution is -2.69. The van der Waals surface area contributed by atoms with Crippen LogP contribution in [0.3, 0.4) is 0 Å². The Hall–Kier alpha value is -0.120. The van der Waals surface area contributed by atoms with Gasteiger partial charge in [-0.2, -0.15) is 0 Å². The molecule has 3 unspecified atom stereocenters. The SMILES string of the molecule is CCCOCCCNC1C2CCCOC2C1(C)C. The quantitative estimate of drug-likeness (QED) is 0.709. The molecule has 0 amide bonds. The van der Waals surface area contributed by atoms with Crippen LogP contribution in [-0.2, 0) is 9.47 Å². The van der Waals surface area contributed by atoms with E-state index in [1.165, 1.54) is 12.8 Å². The molecule has 2 aliphatic rings. The molecular weight excluding hydrogens is 226 g/mol. The maximum Gasteiger partial charge on any atom is 0.0684 e. The van der Waals surface area contributed by atoms with Gasteiger partial charge in [0, 0.05) is 37.2 Å². The molecule has 3 heteroatoms. The van der Waals surface area contributed by atoms with Crippen LogP contribution in [0.5, 0.6) is 0 Å². The van der Waals surface area contributed by atoms with E-state index in [0.717, 1.165) is 45.1 Å². The molecule has 3 nitrogen and oxygen atoms in total. The minimum atomic E-state index is 0.301. The van der Waals surface area contributed by atoms with E-state index in [1.54, 1.807) is 0 Å². The first kappa shape index (κ1) is 14.3. The van der Waals surface area contributed by atoms with E-state index in [9.17, 15) is 0 Å². The van der Waals surface area contributed by atoms with Gasteiger partial charge in [-0.05, 0) is 32.2 Å². The van der Waals surface area contributed by atoms with Crippen molar-refractivity contribution in [2.45, 2.75) is 58.6 Å². The molecule has 1 aliphatic heterocycles. The van der Waals surface area contributed by atoms with E-state index in [1.807, 2.05) is 0 Å². The van der Waals surface area contributed by atoms with Crippen molar-refractivity contribution in [2.75, 3.05) is 26.4 Å². The van der Waals surface area contributed by atoms with Crippen LogP contribution in [0, 0.1) is 11.3 Å². The summed E-state index contributed by atoms with van der Waals surface area (Å²) in [5.41, 5.74) is 0.301. The summed E-state index contributed by atoms with van der Waals surface area (Å²) in [4.78, 5) is 0. The summed E-state index contributed by atoms with van der Waals surface area (Å²) < 4.78 is 11.4. The fourth-order valence-electron chi connectivity index (χ4n) is 3.62. The zero-order valence-electron chi connectivity index (χ0n) is 12.2. The van der Waals surface area contributed by atoms with Crippen molar-refractivity contribution < 1.29 is 9.47 Å². The van der Waals surface area contributed by atoms with Gasteiger partial charge < -0.3 is 14.8 Å². The lowest BCUT2D eigenvalue weighted by atomic mass is 9.55. The lowest BCUT2D eigenvalue weighted by molar-refractivity contribution is -0.192. The first-order valence-electron chi connectivity index (χ1n) is 7.60. The predicted octanol–water partition coefficient (Wildman–Crippen LogP) is 2.60. The third-order valence-corrected chi connectivity index (χ3v) is 4.51. The van der Waals surface area contributed by atoms with E-state index < -0.39 is 0 Å². The Kier molecular flexibility index (Phi) is 5.05. The summed E-state index contributed by atoms with van der Waals surface area (Å²) in [5.74, 6) is 0.741. The normalized spacial score (nSPS) is 33.8. The molecule has 0 aromatic heterocycles. The topological polar surface area (TPSA) is 30.5 Å². The number of rotatable bonds is 7. The Balaban J connectivity index is 1.66. The first-order chi connectivity index (χ1) is 8.68. The van der Waals surface area contributed by atoms with Gasteiger partial charge in [-0.1, -0.05) is 20.8 Å². The highest BCUT2D eigenvalue weighted by atomic mass is 16.5. The highest BCUT2D eigenvalue weighted by Crippen LogP contribution is 2.51. The molecule has 3 atom stereocenters. The monoisotopic (exact) mass is 255 g/mol. The molecule has 0 aromatic carbocycles. The third kappa shape index (κ3) is 2.89. The molecule has 2 fully saturated rings. The molecular formula is C15H29NO2. The van der Waals surface area contributed by atoms with Crippen molar-refractivity contribution in [3.05, 3.63) is 0 Å². The van der Waals surface area contributed by atoms with Gasteiger partial charge in [0.2, 0.25) is 0 Å². The minimum Gasteiger partial charge on any atom is -0.381 e. The maximum absolute atomic E-state index is 5.92. The highest BCUT2D eigenvalue weighted by Gasteiger charge is 2.57. The molecule has 0 bridgehead atoms. The van der Waals surface area contributed by atoms with Gasteiger partial charge in [-0.25, -0.2) is 0 Å². The van der Waals surface area contributed by atoms with E-state index in [2.05, 4.69) is 26.1 Å². The summed E-state index contributed by atoms with van der Waals surface area (Å²) in [6.07, 6.45) is 5.28. The van der Waals surface area contributed by atoms with Crippen LogP contribution in [-0.4, -0.2) is 38.5 Å². The molecule has 0 spiro atoms. The smallest absolute Gasteiger partial charge is 0.0684 e. The van der Waals surface area contributed by atoms with E-state index in [4.69, 9.17) is 9.47 Å². The van der Waals surface area contributed by atoms with Crippen molar-refractivity contribution in [1.82, 2.24) is 5.32 Å². The molecule has 106 valence electrons. The second-order valence-corrected chi connectivity index (χ2v) is 6.32. The molecule has 18 heavy (non-hydrogen) atoms. The van der Waals surface area contributed by atoms with Crippen LogP contribution in [0.25, 0.3) is 0 Å². The van der Waals surface area contributed by atoms with E-state index in [0.29, 0.717) is 17.6 Å².